The van der Waals surface area contributed by atoms with Gasteiger partial charge in [-0.2, -0.15) is 0 Å². The summed E-state index contributed by atoms with van der Waals surface area (Å²) in [6.07, 6.45) is 0. The van der Waals surface area contributed by atoms with Crippen LogP contribution in [-0.2, 0) is 16.6 Å². The molecule has 0 amide bonds. The van der Waals surface area contributed by atoms with E-state index in [-0.39, 0.29) is 10.8 Å². The van der Waals surface area contributed by atoms with Gasteiger partial charge in [-0.1, -0.05) is 6.07 Å². The maximum Gasteiger partial charge on any atom is 0.274 e. The first-order valence-corrected chi connectivity index (χ1v) is 13.2. The Kier molecular flexibility index (Phi) is 7.23. The molecule has 0 atom stereocenters. The van der Waals surface area contributed by atoms with Crippen molar-refractivity contribution in [1.82, 2.24) is 4.98 Å². The van der Waals surface area contributed by atoms with Crippen LogP contribution in [0.3, 0.4) is 0 Å². The van der Waals surface area contributed by atoms with Gasteiger partial charge in [0.25, 0.3) is 10.0 Å². The normalized spacial score (nSPS) is 11.4. The second-order valence-corrected chi connectivity index (χ2v) is 10.4. The Labute approximate surface area is 203 Å². The van der Waals surface area contributed by atoms with E-state index in [4.69, 9.17) is 13.9 Å². The molecule has 4 aromatic rings. The Morgan fingerprint density at radius 2 is 1.56 bits per heavy atom. The van der Waals surface area contributed by atoms with Crippen LogP contribution < -0.4 is 13.8 Å². The lowest BCUT2D eigenvalue weighted by molar-refractivity contribution is 0.340. The molecule has 0 spiro atoms. The standard InChI is InChI=1S/C25H26N2O5S2/c1-4-30-21-12-8-19(9-13-21)25-26-23(18(3)32-25)17-27(34(28,29)24-7-6-16-33-24)20-10-14-22(15-11-20)31-5-2/h6-16H,4-5,17H2,1-3H3. The lowest BCUT2D eigenvalue weighted by Crippen LogP contribution is -2.30. The van der Waals surface area contributed by atoms with E-state index in [0.29, 0.717) is 42.0 Å². The Bertz CT molecular complexity index is 1310. The molecule has 0 aliphatic rings. The molecule has 178 valence electrons. The molecular formula is C25H26N2O5S2. The highest BCUT2D eigenvalue weighted by Crippen LogP contribution is 2.31. The third-order valence-electron chi connectivity index (χ3n) is 5.07. The first kappa shape index (κ1) is 23.8. The molecule has 0 unspecified atom stereocenters. The molecule has 7 nitrogen and oxygen atoms in total. The third-order valence-corrected chi connectivity index (χ3v) is 8.22. The first-order valence-electron chi connectivity index (χ1n) is 10.9. The summed E-state index contributed by atoms with van der Waals surface area (Å²) in [6.45, 7) is 6.76. The van der Waals surface area contributed by atoms with Crippen LogP contribution in [0.4, 0.5) is 5.69 Å². The van der Waals surface area contributed by atoms with Crippen molar-refractivity contribution in [2.75, 3.05) is 17.5 Å². The number of hydrogen-bond acceptors (Lipinski definition) is 7. The van der Waals surface area contributed by atoms with E-state index < -0.39 is 10.0 Å². The molecule has 9 heteroatoms. The van der Waals surface area contributed by atoms with E-state index in [1.54, 1.807) is 48.7 Å². The van der Waals surface area contributed by atoms with Crippen molar-refractivity contribution in [2.45, 2.75) is 31.5 Å². The molecule has 0 saturated carbocycles. The lowest BCUT2D eigenvalue weighted by Gasteiger charge is -2.23. The van der Waals surface area contributed by atoms with Crippen molar-refractivity contribution in [3.63, 3.8) is 0 Å². The molecular weight excluding hydrogens is 472 g/mol. The third kappa shape index (κ3) is 5.10. The van der Waals surface area contributed by atoms with E-state index in [1.165, 1.54) is 15.6 Å². The van der Waals surface area contributed by atoms with E-state index in [2.05, 4.69) is 4.98 Å². The summed E-state index contributed by atoms with van der Waals surface area (Å²) in [7, 11) is -3.81. The molecule has 4 rings (SSSR count). The highest BCUT2D eigenvalue weighted by Gasteiger charge is 2.28. The second kappa shape index (κ2) is 10.3. The number of nitrogens with zero attached hydrogens (tertiary/aromatic N) is 2. The monoisotopic (exact) mass is 498 g/mol. The SMILES string of the molecule is CCOc1ccc(-c2nc(CN(c3ccc(OCC)cc3)S(=O)(=O)c3cccs3)c(C)o2)cc1. The molecule has 2 aromatic heterocycles. The van der Waals surface area contributed by atoms with Crippen LogP contribution in [0.2, 0.25) is 0 Å². The predicted octanol–water partition coefficient (Wildman–Crippen LogP) is 5.90. The van der Waals surface area contributed by atoms with Gasteiger partial charge >= 0.3 is 0 Å². The Morgan fingerprint density at radius 1 is 0.941 bits per heavy atom. The highest BCUT2D eigenvalue weighted by atomic mass is 32.2. The maximum atomic E-state index is 13.5. The second-order valence-electron chi connectivity index (χ2n) is 7.35. The minimum Gasteiger partial charge on any atom is -0.494 e. The molecule has 0 bridgehead atoms. The lowest BCUT2D eigenvalue weighted by atomic mass is 10.2. The quantitative estimate of drug-likeness (QED) is 0.271. The van der Waals surface area contributed by atoms with Gasteiger partial charge in [0.15, 0.2) is 0 Å². The van der Waals surface area contributed by atoms with Gasteiger partial charge in [0, 0.05) is 5.56 Å². The van der Waals surface area contributed by atoms with Gasteiger partial charge in [0.2, 0.25) is 5.89 Å². The number of thiophene rings is 1. The number of benzene rings is 2. The predicted molar refractivity (Wildman–Crippen MR) is 133 cm³/mol. The fourth-order valence-corrected chi connectivity index (χ4v) is 5.93. The van der Waals surface area contributed by atoms with Crippen LogP contribution in [0.25, 0.3) is 11.5 Å². The number of anilines is 1. The number of aromatic nitrogens is 1. The zero-order chi connectivity index (χ0) is 24.1. The van der Waals surface area contributed by atoms with Gasteiger partial charge in [-0.15, -0.1) is 11.3 Å². The maximum absolute atomic E-state index is 13.5. The van der Waals surface area contributed by atoms with Crippen molar-refractivity contribution in [3.05, 3.63) is 77.5 Å². The summed E-state index contributed by atoms with van der Waals surface area (Å²) in [5.74, 6) is 2.42. The Morgan fingerprint density at radius 3 is 2.12 bits per heavy atom. The van der Waals surface area contributed by atoms with E-state index in [9.17, 15) is 8.42 Å². The zero-order valence-electron chi connectivity index (χ0n) is 19.2. The van der Waals surface area contributed by atoms with Crippen molar-refractivity contribution in [3.8, 4) is 23.0 Å². The van der Waals surface area contributed by atoms with E-state index in [0.717, 1.165) is 11.3 Å². The summed E-state index contributed by atoms with van der Waals surface area (Å²) in [6, 6.07) is 17.8. The van der Waals surface area contributed by atoms with Crippen molar-refractivity contribution in [1.29, 1.82) is 0 Å². The molecule has 0 aliphatic heterocycles. The van der Waals surface area contributed by atoms with Crippen molar-refractivity contribution >= 4 is 27.0 Å². The van der Waals surface area contributed by atoms with E-state index >= 15 is 0 Å². The van der Waals surface area contributed by atoms with Gasteiger partial charge in [0.05, 0.1) is 25.4 Å². The fourth-order valence-electron chi connectivity index (χ4n) is 3.40. The summed E-state index contributed by atoms with van der Waals surface area (Å²) >= 11 is 1.18. The summed E-state index contributed by atoms with van der Waals surface area (Å²) in [4.78, 5) is 4.63. The van der Waals surface area contributed by atoms with Gasteiger partial charge in [0.1, 0.15) is 27.2 Å². The first-order chi connectivity index (χ1) is 16.4. The molecule has 0 fully saturated rings. The zero-order valence-corrected chi connectivity index (χ0v) is 20.9. The largest absolute Gasteiger partial charge is 0.494 e. The molecule has 2 aromatic carbocycles. The van der Waals surface area contributed by atoms with Gasteiger partial charge in [-0.3, -0.25) is 4.31 Å². The fraction of sp³-hybridized carbons (Fsp3) is 0.240. The molecule has 0 N–H and O–H groups in total. The van der Waals surface area contributed by atoms with Crippen LogP contribution in [-0.4, -0.2) is 26.6 Å². The van der Waals surface area contributed by atoms with Crippen LogP contribution >= 0.6 is 11.3 Å². The van der Waals surface area contributed by atoms with Gasteiger partial charge < -0.3 is 13.9 Å². The molecule has 0 aliphatic carbocycles. The summed E-state index contributed by atoms with van der Waals surface area (Å²) in [5, 5.41) is 1.74. The topological polar surface area (TPSA) is 81.9 Å². The number of rotatable bonds is 10. The summed E-state index contributed by atoms with van der Waals surface area (Å²) < 4.78 is 45.6. The number of ether oxygens (including phenoxy) is 2. The number of oxazole rings is 1. The minimum atomic E-state index is -3.81. The van der Waals surface area contributed by atoms with Crippen LogP contribution in [0.15, 0.2) is 74.7 Å². The van der Waals surface area contributed by atoms with Crippen molar-refractivity contribution in [2.24, 2.45) is 0 Å². The number of aryl methyl sites for hydroxylation is 1. The molecule has 0 radical (unpaired) electrons. The Balaban J connectivity index is 1.68. The van der Waals surface area contributed by atoms with Crippen LogP contribution in [0.1, 0.15) is 25.3 Å². The highest BCUT2D eigenvalue weighted by molar-refractivity contribution is 7.94. The van der Waals surface area contributed by atoms with Crippen LogP contribution in [0.5, 0.6) is 11.5 Å². The molecule has 34 heavy (non-hydrogen) atoms. The average molecular weight is 499 g/mol. The smallest absolute Gasteiger partial charge is 0.274 e. The van der Waals surface area contributed by atoms with Crippen molar-refractivity contribution < 1.29 is 22.3 Å². The van der Waals surface area contributed by atoms with Gasteiger partial charge in [-0.25, -0.2) is 13.4 Å². The number of sulfonamides is 1. The minimum absolute atomic E-state index is 0.0284. The van der Waals surface area contributed by atoms with Crippen LogP contribution in [0, 0.1) is 6.92 Å². The summed E-state index contributed by atoms with van der Waals surface area (Å²) in [5.41, 5.74) is 1.84. The van der Waals surface area contributed by atoms with Gasteiger partial charge in [-0.05, 0) is 80.7 Å². The molecule has 0 saturated heterocycles. The number of hydrogen-bond donors (Lipinski definition) is 0. The average Bonchev–Trinajstić information content (AvgIpc) is 3.50. The Hall–Kier alpha value is -3.30. The molecule has 2 heterocycles. The van der Waals surface area contributed by atoms with E-state index in [1.807, 2.05) is 38.1 Å².